The molecule has 1 heterocycles. The van der Waals surface area contributed by atoms with E-state index in [0.717, 1.165) is 11.3 Å². The van der Waals surface area contributed by atoms with Crippen molar-refractivity contribution < 1.29 is 4.79 Å². The van der Waals surface area contributed by atoms with Gasteiger partial charge in [-0.25, -0.2) is 0 Å². The summed E-state index contributed by atoms with van der Waals surface area (Å²) in [4.78, 5) is 12.4. The Balaban J connectivity index is 1.95. The van der Waals surface area contributed by atoms with Crippen LogP contribution >= 0.6 is 11.8 Å². The van der Waals surface area contributed by atoms with Crippen LogP contribution < -0.4 is 5.73 Å². The first-order chi connectivity index (χ1) is 7.74. The molecule has 1 saturated heterocycles. The summed E-state index contributed by atoms with van der Waals surface area (Å²) in [5.74, 6) is 0.162. The van der Waals surface area contributed by atoms with E-state index in [1.54, 1.807) is 11.8 Å². The van der Waals surface area contributed by atoms with Gasteiger partial charge in [-0.05, 0) is 6.08 Å². The highest BCUT2D eigenvalue weighted by Crippen LogP contribution is 2.60. The normalized spacial score (nSPS) is 30.5. The monoisotopic (exact) mass is 229 g/mol. The average Bonchev–Trinajstić information content (AvgIpc) is 3.07. The molecule has 80 valence electrons. The van der Waals surface area contributed by atoms with Crippen LogP contribution in [0.25, 0.3) is 0 Å². The molecular weight excluding hydrogens is 218 g/mol. The van der Waals surface area contributed by atoms with Gasteiger partial charge in [-0.3, -0.25) is 4.79 Å². The second kappa shape index (κ2) is 3.25. The van der Waals surface area contributed by atoms with Crippen molar-refractivity contribution >= 4 is 17.5 Å². The molecule has 16 heavy (non-hydrogen) atoms. The number of rotatable bonds is 2. The Labute approximate surface area is 98.2 Å². The van der Waals surface area contributed by atoms with Gasteiger partial charge in [0.25, 0.3) is 0 Å². The van der Waals surface area contributed by atoms with Crippen molar-refractivity contribution in [3.63, 3.8) is 0 Å². The third-order valence-corrected chi connectivity index (χ3v) is 4.54. The molecule has 1 aliphatic heterocycles. The molecule has 2 aliphatic rings. The second-order valence-electron chi connectivity index (χ2n) is 4.01. The Morgan fingerprint density at radius 3 is 2.81 bits per heavy atom. The summed E-state index contributed by atoms with van der Waals surface area (Å²) in [5.41, 5.74) is 7.42. The molecule has 1 aromatic carbocycles. The van der Waals surface area contributed by atoms with Crippen LogP contribution in [0.5, 0.6) is 0 Å². The van der Waals surface area contributed by atoms with Crippen molar-refractivity contribution in [2.45, 2.75) is 10.00 Å². The molecule has 0 radical (unpaired) electrons. The van der Waals surface area contributed by atoms with Gasteiger partial charge in [0.1, 0.15) is 4.75 Å². The average molecular weight is 229 g/mol. The van der Waals surface area contributed by atoms with E-state index in [4.69, 9.17) is 5.73 Å². The molecular formula is C13H11NOS. The van der Waals surface area contributed by atoms with E-state index in [9.17, 15) is 4.79 Å². The van der Waals surface area contributed by atoms with Gasteiger partial charge in [-0.1, -0.05) is 42.5 Å². The zero-order chi connectivity index (χ0) is 11.2. The molecule has 3 rings (SSSR count). The summed E-state index contributed by atoms with van der Waals surface area (Å²) in [5, 5.41) is 0.144. The van der Waals surface area contributed by atoms with Crippen molar-refractivity contribution in [1.82, 2.24) is 0 Å². The lowest BCUT2D eigenvalue weighted by atomic mass is 9.90. The number of thioether (sulfide) groups is 1. The van der Waals surface area contributed by atoms with Gasteiger partial charge in [-0.15, -0.1) is 11.8 Å². The van der Waals surface area contributed by atoms with Crippen molar-refractivity contribution in [3.8, 4) is 0 Å². The minimum absolute atomic E-state index is 0.144. The summed E-state index contributed by atoms with van der Waals surface area (Å²) in [6, 6.07) is 9.40. The van der Waals surface area contributed by atoms with Gasteiger partial charge in [-0.2, -0.15) is 0 Å². The van der Waals surface area contributed by atoms with E-state index in [1.807, 2.05) is 48.6 Å². The lowest BCUT2D eigenvalue weighted by Gasteiger charge is -2.12. The van der Waals surface area contributed by atoms with E-state index in [-0.39, 0.29) is 11.0 Å². The highest BCUT2D eigenvalue weighted by Gasteiger charge is 2.61. The predicted octanol–water partition coefficient (Wildman–Crippen LogP) is 2.14. The van der Waals surface area contributed by atoms with E-state index in [0.29, 0.717) is 0 Å². The van der Waals surface area contributed by atoms with Crippen LogP contribution in [-0.2, 0) is 0 Å². The lowest BCUT2D eigenvalue weighted by molar-refractivity contribution is 0.0976. The molecule has 0 spiro atoms. The molecule has 0 bridgehead atoms. The topological polar surface area (TPSA) is 43.1 Å². The molecule has 1 fully saturated rings. The summed E-state index contributed by atoms with van der Waals surface area (Å²) in [6.07, 6.45) is 5.72. The van der Waals surface area contributed by atoms with E-state index in [1.165, 1.54) is 0 Å². The number of fused-ring (bicyclic) bond motifs is 1. The van der Waals surface area contributed by atoms with Crippen molar-refractivity contribution in [2.24, 2.45) is 5.73 Å². The number of Topliss-reactive ketones (excluding diaryl/α,β-unsaturated/α-hetero) is 1. The van der Waals surface area contributed by atoms with E-state index < -0.39 is 4.75 Å². The van der Waals surface area contributed by atoms with Gasteiger partial charge in [0.2, 0.25) is 0 Å². The van der Waals surface area contributed by atoms with Crippen LogP contribution in [0, 0.1) is 0 Å². The number of nitrogens with two attached hydrogens (primary N) is 1. The van der Waals surface area contributed by atoms with Gasteiger partial charge in [0, 0.05) is 11.3 Å². The van der Waals surface area contributed by atoms with Crippen LogP contribution in [0.2, 0.25) is 0 Å². The van der Waals surface area contributed by atoms with Gasteiger partial charge >= 0.3 is 0 Å². The summed E-state index contributed by atoms with van der Waals surface area (Å²) in [7, 11) is 0. The second-order valence-corrected chi connectivity index (χ2v) is 5.39. The number of ketones is 1. The standard InChI is InChI=1S/C13H11NOS/c14-10-7-4-8-13(12(10)16-13)11(15)9-5-2-1-3-6-9/h1-8,12H,14H2. The largest absolute Gasteiger partial charge is 0.401 e. The number of hydrogen-bond donors (Lipinski definition) is 1. The summed E-state index contributed by atoms with van der Waals surface area (Å²) < 4.78 is -0.416. The van der Waals surface area contributed by atoms with Crippen molar-refractivity contribution in [2.75, 3.05) is 0 Å². The lowest BCUT2D eigenvalue weighted by Crippen LogP contribution is -2.28. The summed E-state index contributed by atoms with van der Waals surface area (Å²) in [6.45, 7) is 0. The molecule has 0 amide bonds. The fraction of sp³-hybridized carbons (Fsp3) is 0.154. The molecule has 2 atom stereocenters. The Hall–Kier alpha value is -1.48. The first-order valence-electron chi connectivity index (χ1n) is 5.16. The van der Waals surface area contributed by atoms with Crippen LogP contribution in [0.15, 0.2) is 54.3 Å². The number of carbonyl (C=O) groups excluding carboxylic acids is 1. The van der Waals surface area contributed by atoms with Crippen molar-refractivity contribution in [3.05, 3.63) is 59.8 Å². The maximum absolute atomic E-state index is 12.4. The number of hydrogen-bond acceptors (Lipinski definition) is 3. The Morgan fingerprint density at radius 1 is 1.31 bits per heavy atom. The smallest absolute Gasteiger partial charge is 0.184 e. The number of benzene rings is 1. The Morgan fingerprint density at radius 2 is 2.06 bits per heavy atom. The first kappa shape index (κ1) is 9.73. The fourth-order valence-corrected chi connectivity index (χ4v) is 3.30. The first-order valence-corrected chi connectivity index (χ1v) is 6.04. The van der Waals surface area contributed by atoms with E-state index >= 15 is 0 Å². The minimum Gasteiger partial charge on any atom is -0.401 e. The van der Waals surface area contributed by atoms with Crippen LogP contribution in [0.4, 0.5) is 0 Å². The quantitative estimate of drug-likeness (QED) is 0.624. The fourth-order valence-electron chi connectivity index (χ4n) is 2.06. The Kier molecular flexibility index (Phi) is 1.98. The number of carbonyl (C=O) groups is 1. The van der Waals surface area contributed by atoms with Gasteiger partial charge < -0.3 is 5.73 Å². The SMILES string of the molecule is NC1=CC=CC2(C(=O)c3ccccc3)SC12. The zero-order valence-corrected chi connectivity index (χ0v) is 9.41. The molecule has 0 saturated carbocycles. The summed E-state index contributed by atoms with van der Waals surface area (Å²) >= 11 is 1.63. The highest BCUT2D eigenvalue weighted by molar-refractivity contribution is 8.10. The molecule has 1 aliphatic carbocycles. The highest BCUT2D eigenvalue weighted by atomic mass is 32.2. The van der Waals surface area contributed by atoms with Gasteiger partial charge in [0.05, 0.1) is 5.25 Å². The van der Waals surface area contributed by atoms with Crippen LogP contribution in [-0.4, -0.2) is 15.8 Å². The van der Waals surface area contributed by atoms with Gasteiger partial charge in [0.15, 0.2) is 5.78 Å². The maximum atomic E-state index is 12.4. The molecule has 1 aromatic rings. The predicted molar refractivity (Wildman–Crippen MR) is 66.3 cm³/mol. The third-order valence-electron chi connectivity index (χ3n) is 2.97. The molecule has 2 unspecified atom stereocenters. The third kappa shape index (κ3) is 1.25. The number of allylic oxidation sites excluding steroid dienone is 2. The van der Waals surface area contributed by atoms with E-state index in [2.05, 4.69) is 0 Å². The van der Waals surface area contributed by atoms with Crippen LogP contribution in [0.3, 0.4) is 0 Å². The molecule has 0 aromatic heterocycles. The molecule has 2 nitrogen and oxygen atoms in total. The molecule has 3 heteroatoms. The maximum Gasteiger partial charge on any atom is 0.184 e. The van der Waals surface area contributed by atoms with Crippen LogP contribution in [0.1, 0.15) is 10.4 Å². The Bertz CT molecular complexity index is 506. The van der Waals surface area contributed by atoms with Crippen molar-refractivity contribution in [1.29, 1.82) is 0 Å². The zero-order valence-electron chi connectivity index (χ0n) is 8.59. The minimum atomic E-state index is -0.416. The molecule has 2 N–H and O–H groups in total.